The van der Waals surface area contributed by atoms with Crippen LogP contribution in [0.4, 0.5) is 5.69 Å². The molecular formula is C12H16N2S. The fourth-order valence-electron chi connectivity index (χ4n) is 1.13. The lowest BCUT2D eigenvalue weighted by molar-refractivity contribution is 0.632. The number of anilines is 1. The van der Waals surface area contributed by atoms with Gasteiger partial charge in [0.25, 0.3) is 0 Å². The molecule has 0 amide bonds. The Morgan fingerprint density at radius 2 is 2.20 bits per heavy atom. The Bertz CT molecular complexity index is 366. The highest BCUT2D eigenvalue weighted by Gasteiger charge is 2.02. The van der Waals surface area contributed by atoms with Crippen LogP contribution in [0.1, 0.15) is 25.8 Å². The van der Waals surface area contributed by atoms with Gasteiger partial charge in [0.05, 0.1) is 11.6 Å². The number of nitriles is 1. The van der Waals surface area contributed by atoms with Crippen molar-refractivity contribution in [2.75, 3.05) is 11.5 Å². The van der Waals surface area contributed by atoms with Gasteiger partial charge in [-0.2, -0.15) is 5.26 Å². The predicted molar refractivity (Wildman–Crippen MR) is 65.7 cm³/mol. The van der Waals surface area contributed by atoms with E-state index in [2.05, 4.69) is 19.9 Å². The van der Waals surface area contributed by atoms with Gasteiger partial charge in [0.1, 0.15) is 0 Å². The summed E-state index contributed by atoms with van der Waals surface area (Å²) in [5.41, 5.74) is 7.27. The predicted octanol–water partition coefficient (Wildman–Crippen LogP) is 3.28. The van der Waals surface area contributed by atoms with E-state index in [0.717, 1.165) is 16.3 Å². The van der Waals surface area contributed by atoms with Crippen molar-refractivity contribution >= 4 is 17.4 Å². The Labute approximate surface area is 95.5 Å². The topological polar surface area (TPSA) is 49.8 Å². The SMILES string of the molecule is CC(C)CCSc1cc(C#N)ccc1N. The Morgan fingerprint density at radius 3 is 2.80 bits per heavy atom. The first-order valence-corrected chi connectivity index (χ1v) is 6.04. The molecule has 0 aliphatic carbocycles. The molecule has 1 aromatic carbocycles. The van der Waals surface area contributed by atoms with Crippen molar-refractivity contribution in [3.63, 3.8) is 0 Å². The third kappa shape index (κ3) is 3.85. The maximum atomic E-state index is 8.77. The van der Waals surface area contributed by atoms with Crippen molar-refractivity contribution < 1.29 is 0 Å². The molecule has 0 fully saturated rings. The molecule has 3 heteroatoms. The van der Waals surface area contributed by atoms with Gasteiger partial charge in [0, 0.05) is 10.6 Å². The number of thioether (sulfide) groups is 1. The van der Waals surface area contributed by atoms with Crippen LogP contribution in [0.2, 0.25) is 0 Å². The number of hydrogen-bond acceptors (Lipinski definition) is 3. The quantitative estimate of drug-likeness (QED) is 0.625. The van der Waals surface area contributed by atoms with E-state index in [0.29, 0.717) is 11.5 Å². The minimum absolute atomic E-state index is 0.677. The summed E-state index contributed by atoms with van der Waals surface area (Å²) in [4.78, 5) is 1.02. The molecule has 2 N–H and O–H groups in total. The standard InChI is InChI=1S/C12H16N2S/c1-9(2)5-6-15-12-7-10(8-13)3-4-11(12)14/h3-4,7,9H,5-6,14H2,1-2H3. The van der Waals surface area contributed by atoms with E-state index < -0.39 is 0 Å². The summed E-state index contributed by atoms with van der Waals surface area (Å²) in [6, 6.07) is 7.54. The number of rotatable bonds is 4. The number of benzene rings is 1. The van der Waals surface area contributed by atoms with Crippen LogP contribution in [0, 0.1) is 17.2 Å². The van der Waals surface area contributed by atoms with E-state index in [4.69, 9.17) is 11.0 Å². The second-order valence-corrected chi connectivity index (χ2v) is 5.03. The van der Waals surface area contributed by atoms with Gasteiger partial charge in [-0.25, -0.2) is 0 Å². The number of nitrogen functional groups attached to an aromatic ring is 1. The van der Waals surface area contributed by atoms with Crippen molar-refractivity contribution in [1.29, 1.82) is 5.26 Å². The summed E-state index contributed by atoms with van der Waals surface area (Å²) in [5, 5.41) is 8.77. The molecule has 0 saturated carbocycles. The molecule has 80 valence electrons. The molecule has 1 aromatic rings. The molecule has 0 aromatic heterocycles. The Morgan fingerprint density at radius 1 is 1.47 bits per heavy atom. The third-order valence-corrected chi connectivity index (χ3v) is 3.20. The molecule has 0 aliphatic heterocycles. The monoisotopic (exact) mass is 220 g/mol. The van der Waals surface area contributed by atoms with Crippen molar-refractivity contribution in [2.45, 2.75) is 25.2 Å². The maximum Gasteiger partial charge on any atom is 0.0992 e. The maximum absolute atomic E-state index is 8.77. The van der Waals surface area contributed by atoms with Crippen molar-refractivity contribution in [3.8, 4) is 6.07 Å². The van der Waals surface area contributed by atoms with Crippen LogP contribution in [0.15, 0.2) is 23.1 Å². The zero-order valence-electron chi connectivity index (χ0n) is 9.16. The molecule has 15 heavy (non-hydrogen) atoms. The lowest BCUT2D eigenvalue weighted by atomic mass is 10.2. The van der Waals surface area contributed by atoms with Gasteiger partial charge in [-0.15, -0.1) is 11.8 Å². The molecular weight excluding hydrogens is 204 g/mol. The smallest absolute Gasteiger partial charge is 0.0992 e. The second-order valence-electron chi connectivity index (χ2n) is 3.90. The molecule has 0 spiro atoms. The Hall–Kier alpha value is -1.14. The summed E-state index contributed by atoms with van der Waals surface area (Å²) >= 11 is 1.73. The molecule has 0 bridgehead atoms. The number of hydrogen-bond donors (Lipinski definition) is 1. The van der Waals surface area contributed by atoms with Crippen LogP contribution in [-0.4, -0.2) is 5.75 Å². The van der Waals surface area contributed by atoms with E-state index in [1.165, 1.54) is 6.42 Å². The Kier molecular flexibility index (Phi) is 4.51. The van der Waals surface area contributed by atoms with Crippen LogP contribution in [0.5, 0.6) is 0 Å². The first kappa shape index (κ1) is 11.9. The van der Waals surface area contributed by atoms with Crippen LogP contribution >= 0.6 is 11.8 Å². The molecule has 0 saturated heterocycles. The van der Waals surface area contributed by atoms with E-state index in [-0.39, 0.29) is 0 Å². The van der Waals surface area contributed by atoms with Crippen LogP contribution in [0.25, 0.3) is 0 Å². The summed E-state index contributed by atoms with van der Waals surface area (Å²) in [6.07, 6.45) is 1.17. The zero-order valence-corrected chi connectivity index (χ0v) is 9.97. The highest BCUT2D eigenvalue weighted by Crippen LogP contribution is 2.27. The average molecular weight is 220 g/mol. The largest absolute Gasteiger partial charge is 0.398 e. The lowest BCUT2D eigenvalue weighted by Gasteiger charge is -2.07. The van der Waals surface area contributed by atoms with E-state index in [1.807, 2.05) is 6.07 Å². The van der Waals surface area contributed by atoms with Gasteiger partial charge < -0.3 is 5.73 Å². The van der Waals surface area contributed by atoms with Crippen molar-refractivity contribution in [3.05, 3.63) is 23.8 Å². The molecule has 2 nitrogen and oxygen atoms in total. The van der Waals surface area contributed by atoms with Gasteiger partial charge in [0.2, 0.25) is 0 Å². The molecule has 0 aliphatic rings. The average Bonchev–Trinajstić information content (AvgIpc) is 2.20. The normalized spacial score (nSPS) is 10.3. The summed E-state index contributed by atoms with van der Waals surface area (Å²) < 4.78 is 0. The fraction of sp³-hybridized carbons (Fsp3) is 0.417. The lowest BCUT2D eigenvalue weighted by Crippen LogP contribution is -1.93. The zero-order chi connectivity index (χ0) is 11.3. The number of nitrogens with two attached hydrogens (primary N) is 1. The second kappa shape index (κ2) is 5.67. The van der Waals surface area contributed by atoms with Gasteiger partial charge >= 0.3 is 0 Å². The first-order chi connectivity index (χ1) is 7.13. The first-order valence-electron chi connectivity index (χ1n) is 5.06. The summed E-state index contributed by atoms with van der Waals surface area (Å²) in [5.74, 6) is 1.76. The molecule has 0 radical (unpaired) electrons. The van der Waals surface area contributed by atoms with E-state index in [1.54, 1.807) is 23.9 Å². The number of nitrogens with zero attached hydrogens (tertiary/aromatic N) is 1. The van der Waals surface area contributed by atoms with Gasteiger partial charge in [0.15, 0.2) is 0 Å². The minimum atomic E-state index is 0.677. The minimum Gasteiger partial charge on any atom is -0.398 e. The molecule has 0 heterocycles. The molecule has 0 unspecified atom stereocenters. The van der Waals surface area contributed by atoms with Gasteiger partial charge in [-0.3, -0.25) is 0 Å². The molecule has 0 atom stereocenters. The van der Waals surface area contributed by atoms with Crippen molar-refractivity contribution in [2.24, 2.45) is 5.92 Å². The fourth-order valence-corrected chi connectivity index (χ4v) is 2.39. The van der Waals surface area contributed by atoms with E-state index in [9.17, 15) is 0 Å². The van der Waals surface area contributed by atoms with Gasteiger partial charge in [-0.05, 0) is 36.3 Å². The van der Waals surface area contributed by atoms with Crippen molar-refractivity contribution in [1.82, 2.24) is 0 Å². The van der Waals surface area contributed by atoms with Crippen LogP contribution in [0.3, 0.4) is 0 Å². The van der Waals surface area contributed by atoms with Gasteiger partial charge in [-0.1, -0.05) is 13.8 Å². The third-order valence-electron chi connectivity index (χ3n) is 2.10. The summed E-state index contributed by atoms with van der Waals surface area (Å²) in [7, 11) is 0. The highest BCUT2D eigenvalue weighted by atomic mass is 32.2. The van der Waals surface area contributed by atoms with Crippen LogP contribution < -0.4 is 5.73 Å². The van der Waals surface area contributed by atoms with E-state index >= 15 is 0 Å². The summed E-state index contributed by atoms with van der Waals surface area (Å²) in [6.45, 7) is 4.41. The Balaban J connectivity index is 2.64. The van der Waals surface area contributed by atoms with Crippen LogP contribution in [-0.2, 0) is 0 Å². The molecule has 1 rings (SSSR count). The highest BCUT2D eigenvalue weighted by molar-refractivity contribution is 7.99.